The number of rotatable bonds is 7. The molecule has 0 spiro atoms. The first-order chi connectivity index (χ1) is 17.2. The monoisotopic (exact) mass is 549 g/mol. The van der Waals surface area contributed by atoms with Gasteiger partial charge in [-0.2, -0.15) is 0 Å². The number of carbonyl (C=O) groups is 2. The van der Waals surface area contributed by atoms with Crippen LogP contribution in [-0.4, -0.2) is 57.2 Å². The zero-order valence-corrected chi connectivity index (χ0v) is 22.8. The second-order valence-corrected chi connectivity index (χ2v) is 12.2. The number of Topliss-reactive ketones (excluding diaryl/α,β-unsaturated/α-hetero) is 1. The number of halogens is 1. The van der Waals surface area contributed by atoms with Crippen LogP contribution in [0, 0.1) is 0 Å². The molecule has 8 nitrogen and oxygen atoms in total. The van der Waals surface area contributed by atoms with Crippen LogP contribution in [-0.2, 0) is 26.4 Å². The Morgan fingerprint density at radius 3 is 2.61 bits per heavy atom. The van der Waals surface area contributed by atoms with Crippen molar-refractivity contribution in [1.82, 2.24) is 4.57 Å². The van der Waals surface area contributed by atoms with Gasteiger partial charge in [-0.25, -0.2) is 13.2 Å². The minimum Gasteiger partial charge on any atom is -0.464 e. The van der Waals surface area contributed by atoms with Crippen LogP contribution in [0.5, 0.6) is 0 Å². The Morgan fingerprint density at radius 2 is 1.89 bits per heavy atom. The van der Waals surface area contributed by atoms with Crippen LogP contribution in [0.4, 0.5) is 5.00 Å². The zero-order valence-electron chi connectivity index (χ0n) is 20.4. The summed E-state index contributed by atoms with van der Waals surface area (Å²) in [5.41, 5.74) is 0.340. The van der Waals surface area contributed by atoms with Gasteiger partial charge in [0, 0.05) is 32.1 Å². The molecule has 0 amide bonds. The molecule has 1 unspecified atom stereocenters. The third-order valence-electron chi connectivity index (χ3n) is 6.47. The normalized spacial score (nSPS) is 16.9. The minimum atomic E-state index is -3.67. The van der Waals surface area contributed by atoms with E-state index in [2.05, 4.69) is 4.99 Å². The number of ether oxygens (including phenoxy) is 1. The predicted molar refractivity (Wildman–Crippen MR) is 142 cm³/mol. The summed E-state index contributed by atoms with van der Waals surface area (Å²) in [6.45, 7) is 0.587. The third kappa shape index (κ3) is 5.21. The molecule has 3 aromatic rings. The van der Waals surface area contributed by atoms with E-state index in [1.165, 1.54) is 18.4 Å². The first-order valence-electron chi connectivity index (χ1n) is 11.6. The van der Waals surface area contributed by atoms with Gasteiger partial charge in [-0.05, 0) is 54.3 Å². The summed E-state index contributed by atoms with van der Waals surface area (Å²) < 4.78 is 32.8. The van der Waals surface area contributed by atoms with Crippen molar-refractivity contribution in [1.29, 1.82) is 0 Å². The van der Waals surface area contributed by atoms with E-state index in [-0.39, 0.29) is 22.9 Å². The SMILES string of the molecule is CN=c1sc(N2CCCCC2C(=O)CCS(=O)(=O)c2ccc3cc(Cl)ccc3c2)c(C(=O)OC)n1C. The summed E-state index contributed by atoms with van der Waals surface area (Å²) in [5.74, 6) is -0.948. The Bertz CT molecular complexity index is 1490. The number of carbonyl (C=O) groups excluding carboxylic acids is 2. The van der Waals surface area contributed by atoms with Crippen LogP contribution in [0.1, 0.15) is 36.2 Å². The van der Waals surface area contributed by atoms with Crippen LogP contribution in [0.2, 0.25) is 5.02 Å². The maximum atomic E-state index is 13.4. The van der Waals surface area contributed by atoms with Crippen molar-refractivity contribution < 1.29 is 22.7 Å². The number of methoxy groups -OCH3 is 1. The van der Waals surface area contributed by atoms with E-state index >= 15 is 0 Å². The topological polar surface area (TPSA) is 98.0 Å². The quantitative estimate of drug-likeness (QED) is 0.413. The Hall–Kier alpha value is -2.69. The number of nitrogens with zero attached hydrogens (tertiary/aromatic N) is 3. The van der Waals surface area contributed by atoms with Crippen molar-refractivity contribution in [3.05, 3.63) is 51.9 Å². The second kappa shape index (κ2) is 10.7. The van der Waals surface area contributed by atoms with E-state index in [4.69, 9.17) is 16.3 Å². The van der Waals surface area contributed by atoms with Crippen molar-refractivity contribution in [2.45, 2.75) is 36.6 Å². The minimum absolute atomic E-state index is 0.113. The zero-order chi connectivity index (χ0) is 26.0. The van der Waals surface area contributed by atoms with Crippen LogP contribution in [0.3, 0.4) is 0 Å². The fourth-order valence-corrected chi connectivity index (χ4v) is 7.18. The Morgan fingerprint density at radius 1 is 1.17 bits per heavy atom. The number of anilines is 1. The number of piperidine rings is 1. The third-order valence-corrected chi connectivity index (χ3v) is 9.68. The molecular formula is C25H28ClN3O5S2. The number of fused-ring (bicyclic) bond motifs is 1. The molecule has 1 atom stereocenters. The molecule has 192 valence electrons. The molecule has 1 aliphatic rings. The highest BCUT2D eigenvalue weighted by atomic mass is 35.5. The summed E-state index contributed by atoms with van der Waals surface area (Å²) in [5, 5.41) is 2.82. The maximum Gasteiger partial charge on any atom is 0.357 e. The van der Waals surface area contributed by atoms with Crippen molar-refractivity contribution in [2.75, 3.05) is 31.4 Å². The van der Waals surface area contributed by atoms with E-state index in [0.29, 0.717) is 33.5 Å². The number of ketones is 1. The largest absolute Gasteiger partial charge is 0.464 e. The second-order valence-electron chi connectivity index (χ2n) is 8.71. The fourth-order valence-electron chi connectivity index (χ4n) is 4.57. The molecule has 2 heterocycles. The first-order valence-corrected chi connectivity index (χ1v) is 14.4. The van der Waals surface area contributed by atoms with Crippen LogP contribution in [0.15, 0.2) is 46.3 Å². The molecule has 0 radical (unpaired) electrons. The van der Waals surface area contributed by atoms with Gasteiger partial charge in [0.2, 0.25) is 0 Å². The number of aromatic nitrogens is 1. The molecule has 4 rings (SSSR count). The standard InChI is InChI=1S/C25H28ClN3O5S2/c1-27-25-28(2)22(24(31)34-3)23(35-25)29-12-5-4-6-20(29)21(30)11-13-36(32,33)19-10-8-16-14-18(26)9-7-17(16)15-19/h7-10,14-15,20H,4-6,11-13H2,1-3H3. The van der Waals surface area contributed by atoms with Crippen molar-refractivity contribution >= 4 is 60.3 Å². The number of hydrogen-bond acceptors (Lipinski definition) is 8. The summed E-state index contributed by atoms with van der Waals surface area (Å²) >= 11 is 7.35. The smallest absolute Gasteiger partial charge is 0.357 e. The number of esters is 1. The van der Waals surface area contributed by atoms with Crippen LogP contribution < -0.4 is 9.70 Å². The van der Waals surface area contributed by atoms with Gasteiger partial charge in [0.05, 0.1) is 23.8 Å². The van der Waals surface area contributed by atoms with Crippen LogP contribution in [0.25, 0.3) is 10.8 Å². The average Bonchev–Trinajstić information content (AvgIpc) is 3.22. The summed E-state index contributed by atoms with van der Waals surface area (Å²) in [6, 6.07) is 9.64. The van der Waals surface area contributed by atoms with Gasteiger partial charge in [-0.3, -0.25) is 9.79 Å². The average molecular weight is 550 g/mol. The highest BCUT2D eigenvalue weighted by Crippen LogP contribution is 2.32. The van der Waals surface area contributed by atoms with Gasteiger partial charge < -0.3 is 14.2 Å². The van der Waals surface area contributed by atoms with Crippen molar-refractivity contribution in [3.8, 4) is 0 Å². The van der Waals surface area contributed by atoms with Crippen molar-refractivity contribution in [3.63, 3.8) is 0 Å². The van der Waals surface area contributed by atoms with Gasteiger partial charge in [-0.15, -0.1) is 0 Å². The lowest BCUT2D eigenvalue weighted by Gasteiger charge is -2.35. The van der Waals surface area contributed by atoms with Gasteiger partial charge in [0.1, 0.15) is 5.00 Å². The molecule has 11 heteroatoms. The lowest BCUT2D eigenvalue weighted by atomic mass is 9.97. The Balaban J connectivity index is 1.57. The number of hydrogen-bond donors (Lipinski definition) is 0. The molecule has 0 N–H and O–H groups in total. The molecule has 1 saturated heterocycles. The number of benzene rings is 2. The van der Waals surface area contributed by atoms with E-state index in [9.17, 15) is 18.0 Å². The molecule has 0 saturated carbocycles. The molecule has 0 aliphatic carbocycles. The summed E-state index contributed by atoms with van der Waals surface area (Å²) in [6.07, 6.45) is 2.20. The van der Waals surface area contributed by atoms with Gasteiger partial charge >= 0.3 is 5.97 Å². The molecule has 36 heavy (non-hydrogen) atoms. The number of sulfone groups is 1. The van der Waals surface area contributed by atoms with Gasteiger partial charge in [-0.1, -0.05) is 35.1 Å². The highest BCUT2D eigenvalue weighted by Gasteiger charge is 2.34. The summed E-state index contributed by atoms with van der Waals surface area (Å²) in [4.78, 5) is 32.9. The van der Waals surface area contributed by atoms with Gasteiger partial charge in [0.15, 0.2) is 26.1 Å². The predicted octanol–water partition coefficient (Wildman–Crippen LogP) is 4.00. The van der Waals surface area contributed by atoms with E-state index < -0.39 is 21.8 Å². The molecular weight excluding hydrogens is 522 g/mol. The maximum absolute atomic E-state index is 13.4. The van der Waals surface area contributed by atoms with E-state index in [1.807, 2.05) is 4.90 Å². The number of thiazole rings is 1. The van der Waals surface area contributed by atoms with E-state index in [1.54, 1.807) is 55.1 Å². The molecule has 1 aliphatic heterocycles. The Kier molecular flexibility index (Phi) is 7.87. The summed E-state index contributed by atoms with van der Waals surface area (Å²) in [7, 11) is 1.02. The molecule has 0 bridgehead atoms. The van der Waals surface area contributed by atoms with Crippen molar-refractivity contribution in [2.24, 2.45) is 12.0 Å². The van der Waals surface area contributed by atoms with E-state index in [0.717, 1.165) is 23.6 Å². The molecule has 2 aromatic carbocycles. The first kappa shape index (κ1) is 26.4. The highest BCUT2D eigenvalue weighted by molar-refractivity contribution is 7.91. The lowest BCUT2D eigenvalue weighted by molar-refractivity contribution is -0.120. The Labute approximate surface area is 219 Å². The van der Waals surface area contributed by atoms with Gasteiger partial charge in [0.25, 0.3) is 0 Å². The lowest BCUT2D eigenvalue weighted by Crippen LogP contribution is -2.45. The molecule has 1 fully saturated rings. The van der Waals surface area contributed by atoms with Crippen LogP contribution >= 0.6 is 22.9 Å². The molecule has 1 aromatic heterocycles. The fraction of sp³-hybridized carbons (Fsp3) is 0.400.